The van der Waals surface area contributed by atoms with E-state index < -0.39 is 12.6 Å². The number of alkyl halides is 3. The number of rotatable bonds is 6. The van der Waals surface area contributed by atoms with Gasteiger partial charge in [-0.15, -0.1) is 0 Å². The van der Waals surface area contributed by atoms with Gasteiger partial charge in [-0.05, 0) is 43.1 Å². The Bertz CT molecular complexity index is 418. The van der Waals surface area contributed by atoms with E-state index in [1.807, 2.05) is 12.1 Å². The molecule has 1 aromatic rings. The minimum Gasteiger partial charge on any atom is -0.493 e. The highest BCUT2D eigenvalue weighted by molar-refractivity contribution is 5.39. The average molecular weight is 273 g/mol. The molecule has 0 bridgehead atoms. The summed E-state index contributed by atoms with van der Waals surface area (Å²) >= 11 is 0. The largest absolute Gasteiger partial charge is 0.493 e. The third-order valence-corrected chi connectivity index (χ3v) is 3.16. The molecule has 1 heterocycles. The molecule has 1 aliphatic rings. The number of nitrogens with one attached hydrogen (secondary N) is 1. The Kier molecular flexibility index (Phi) is 4.69. The Morgan fingerprint density at radius 1 is 1.21 bits per heavy atom. The summed E-state index contributed by atoms with van der Waals surface area (Å²) in [6.07, 6.45) is -2.83. The maximum absolute atomic E-state index is 11.9. The Balaban J connectivity index is 1.63. The fourth-order valence-corrected chi connectivity index (χ4v) is 2.17. The van der Waals surface area contributed by atoms with Crippen LogP contribution in [0.2, 0.25) is 0 Å². The van der Waals surface area contributed by atoms with Gasteiger partial charge >= 0.3 is 6.18 Å². The van der Waals surface area contributed by atoms with Gasteiger partial charge in [-0.2, -0.15) is 13.2 Å². The van der Waals surface area contributed by atoms with E-state index in [0.717, 1.165) is 25.2 Å². The van der Waals surface area contributed by atoms with E-state index in [2.05, 4.69) is 11.4 Å². The van der Waals surface area contributed by atoms with Gasteiger partial charge in [-0.1, -0.05) is 12.1 Å². The van der Waals surface area contributed by atoms with Crippen LogP contribution in [0.25, 0.3) is 0 Å². The lowest BCUT2D eigenvalue weighted by Gasteiger charge is -2.08. The number of ether oxygens (including phenoxy) is 1. The molecule has 0 saturated heterocycles. The van der Waals surface area contributed by atoms with Gasteiger partial charge in [0.15, 0.2) is 0 Å². The summed E-state index contributed by atoms with van der Waals surface area (Å²) in [6, 6.07) is 6.11. The first kappa shape index (κ1) is 14.2. The maximum atomic E-state index is 11.9. The molecule has 2 rings (SSSR count). The zero-order valence-electron chi connectivity index (χ0n) is 10.7. The van der Waals surface area contributed by atoms with Crippen molar-refractivity contribution in [2.24, 2.45) is 0 Å². The summed E-state index contributed by atoms with van der Waals surface area (Å²) in [7, 11) is 0. The number of halogens is 3. The molecule has 1 N–H and O–H groups in total. The molecule has 0 saturated carbocycles. The van der Waals surface area contributed by atoms with E-state index >= 15 is 0 Å². The molecule has 19 heavy (non-hydrogen) atoms. The smallest absolute Gasteiger partial charge is 0.389 e. The third kappa shape index (κ3) is 4.74. The highest BCUT2D eigenvalue weighted by Crippen LogP contribution is 2.25. The second-order valence-corrected chi connectivity index (χ2v) is 4.76. The molecular formula is C14H18F3NO. The highest BCUT2D eigenvalue weighted by atomic mass is 19.4. The van der Waals surface area contributed by atoms with Gasteiger partial charge in [0, 0.05) is 12.8 Å². The van der Waals surface area contributed by atoms with Crippen LogP contribution in [0.5, 0.6) is 5.75 Å². The molecule has 106 valence electrons. The maximum Gasteiger partial charge on any atom is 0.389 e. The van der Waals surface area contributed by atoms with E-state index in [0.29, 0.717) is 13.1 Å². The molecule has 5 heteroatoms. The van der Waals surface area contributed by atoms with Crippen LogP contribution in [-0.4, -0.2) is 25.9 Å². The van der Waals surface area contributed by atoms with Crippen molar-refractivity contribution in [3.63, 3.8) is 0 Å². The standard InChI is InChI=1S/C14H18F3NO/c15-14(16,17)6-1-7-18-8-4-11-2-3-13-12(10-11)5-9-19-13/h2-3,10,18H,1,4-9H2. The van der Waals surface area contributed by atoms with Gasteiger partial charge in [-0.3, -0.25) is 0 Å². The van der Waals surface area contributed by atoms with Crippen molar-refractivity contribution in [2.45, 2.75) is 31.9 Å². The van der Waals surface area contributed by atoms with Crippen LogP contribution in [0.15, 0.2) is 18.2 Å². The molecule has 0 fully saturated rings. The van der Waals surface area contributed by atoms with Gasteiger partial charge in [0.1, 0.15) is 5.75 Å². The summed E-state index contributed by atoms with van der Waals surface area (Å²) in [6.45, 7) is 1.86. The lowest BCUT2D eigenvalue weighted by molar-refractivity contribution is -0.135. The molecular weight excluding hydrogens is 255 g/mol. The summed E-state index contributed by atoms with van der Waals surface area (Å²) in [5.74, 6) is 0.960. The number of fused-ring (bicyclic) bond motifs is 1. The van der Waals surface area contributed by atoms with Gasteiger partial charge in [-0.25, -0.2) is 0 Å². The Labute approximate surface area is 111 Å². The SMILES string of the molecule is FC(F)(F)CCCNCCc1ccc2c(c1)CCO2. The Hall–Kier alpha value is -1.23. The van der Waals surface area contributed by atoms with E-state index in [1.165, 1.54) is 11.1 Å². The molecule has 0 atom stereocenters. The number of benzene rings is 1. The molecule has 0 radical (unpaired) electrons. The van der Waals surface area contributed by atoms with E-state index in [9.17, 15) is 13.2 Å². The van der Waals surface area contributed by atoms with Crippen LogP contribution >= 0.6 is 0 Å². The molecule has 0 aliphatic carbocycles. The number of hydrogen-bond acceptors (Lipinski definition) is 2. The molecule has 1 aliphatic heterocycles. The van der Waals surface area contributed by atoms with Crippen molar-refractivity contribution < 1.29 is 17.9 Å². The zero-order chi connectivity index (χ0) is 13.7. The molecule has 0 spiro atoms. The lowest BCUT2D eigenvalue weighted by atomic mass is 10.1. The van der Waals surface area contributed by atoms with E-state index in [-0.39, 0.29) is 6.42 Å². The Morgan fingerprint density at radius 3 is 2.84 bits per heavy atom. The summed E-state index contributed by atoms with van der Waals surface area (Å²) in [5, 5.41) is 3.04. The van der Waals surface area contributed by atoms with Crippen molar-refractivity contribution in [1.82, 2.24) is 5.32 Å². The van der Waals surface area contributed by atoms with Gasteiger partial charge in [0.05, 0.1) is 6.61 Å². The van der Waals surface area contributed by atoms with Crippen LogP contribution < -0.4 is 10.1 Å². The van der Waals surface area contributed by atoms with Gasteiger partial charge in [0.25, 0.3) is 0 Å². The van der Waals surface area contributed by atoms with Crippen LogP contribution in [0.1, 0.15) is 24.0 Å². The summed E-state index contributed by atoms with van der Waals surface area (Å²) < 4.78 is 41.2. The van der Waals surface area contributed by atoms with Gasteiger partial charge in [0.2, 0.25) is 0 Å². The van der Waals surface area contributed by atoms with Crippen LogP contribution in [0.4, 0.5) is 13.2 Å². The second-order valence-electron chi connectivity index (χ2n) is 4.76. The summed E-state index contributed by atoms with van der Waals surface area (Å²) in [5.41, 5.74) is 2.43. The van der Waals surface area contributed by atoms with Crippen LogP contribution in [0.3, 0.4) is 0 Å². The third-order valence-electron chi connectivity index (χ3n) is 3.16. The van der Waals surface area contributed by atoms with Crippen LogP contribution in [-0.2, 0) is 12.8 Å². The summed E-state index contributed by atoms with van der Waals surface area (Å²) in [4.78, 5) is 0. The lowest BCUT2D eigenvalue weighted by Crippen LogP contribution is -2.20. The quantitative estimate of drug-likeness (QED) is 0.804. The topological polar surface area (TPSA) is 21.3 Å². The second kappa shape index (κ2) is 6.28. The minimum atomic E-state index is -4.04. The van der Waals surface area contributed by atoms with Crippen molar-refractivity contribution in [3.8, 4) is 5.75 Å². The first-order valence-electron chi connectivity index (χ1n) is 6.57. The minimum absolute atomic E-state index is 0.140. The molecule has 0 unspecified atom stereocenters. The van der Waals surface area contributed by atoms with E-state index in [4.69, 9.17) is 4.74 Å². The fourth-order valence-electron chi connectivity index (χ4n) is 2.17. The van der Waals surface area contributed by atoms with Gasteiger partial charge < -0.3 is 10.1 Å². The van der Waals surface area contributed by atoms with Crippen molar-refractivity contribution in [1.29, 1.82) is 0 Å². The average Bonchev–Trinajstić information content (AvgIpc) is 2.79. The first-order valence-corrected chi connectivity index (χ1v) is 6.57. The van der Waals surface area contributed by atoms with Crippen molar-refractivity contribution in [2.75, 3.05) is 19.7 Å². The highest BCUT2D eigenvalue weighted by Gasteiger charge is 2.25. The predicted molar refractivity (Wildman–Crippen MR) is 67.5 cm³/mol. The monoisotopic (exact) mass is 273 g/mol. The first-order chi connectivity index (χ1) is 9.04. The predicted octanol–water partition coefficient (Wildman–Crippen LogP) is 3.10. The normalized spacial score (nSPS) is 14.3. The molecule has 0 aromatic heterocycles. The molecule has 0 amide bonds. The Morgan fingerprint density at radius 2 is 2.05 bits per heavy atom. The van der Waals surface area contributed by atoms with Crippen molar-refractivity contribution >= 4 is 0 Å². The van der Waals surface area contributed by atoms with E-state index in [1.54, 1.807) is 0 Å². The molecule has 1 aromatic carbocycles. The number of hydrogen-bond donors (Lipinski definition) is 1. The fraction of sp³-hybridized carbons (Fsp3) is 0.571. The molecule has 2 nitrogen and oxygen atoms in total. The zero-order valence-corrected chi connectivity index (χ0v) is 10.7. The van der Waals surface area contributed by atoms with Crippen molar-refractivity contribution in [3.05, 3.63) is 29.3 Å². The van der Waals surface area contributed by atoms with Crippen LogP contribution in [0, 0.1) is 0 Å².